The van der Waals surface area contributed by atoms with Crippen LogP contribution in [0.25, 0.3) is 0 Å². The monoisotopic (exact) mass is 485 g/mol. The lowest BCUT2D eigenvalue weighted by Crippen LogP contribution is -2.66. The number of nitrogens with zero attached hydrogens (tertiary/aromatic N) is 4. The minimum atomic E-state index is -1.55. The van der Waals surface area contributed by atoms with Gasteiger partial charge in [0.05, 0.1) is 0 Å². The number of likely N-dealkylation sites (tertiary alicyclic amines) is 1. The van der Waals surface area contributed by atoms with Crippen molar-refractivity contribution in [2.24, 2.45) is 5.92 Å². The molecule has 4 heterocycles. The van der Waals surface area contributed by atoms with Crippen LogP contribution in [-0.4, -0.2) is 102 Å². The van der Waals surface area contributed by atoms with E-state index in [4.69, 9.17) is 14.2 Å². The highest BCUT2D eigenvalue weighted by molar-refractivity contribution is 5.61. The number of tetrazole rings is 1. The number of ether oxygens (including phenoxy) is 3. The van der Waals surface area contributed by atoms with Crippen molar-refractivity contribution in [3.8, 4) is 11.5 Å². The average Bonchev–Trinajstić information content (AvgIpc) is 3.50. The molecule has 2 bridgehead atoms. The van der Waals surface area contributed by atoms with Gasteiger partial charge >= 0.3 is 0 Å². The Morgan fingerprint density at radius 3 is 2.83 bits per heavy atom. The predicted molar refractivity (Wildman–Crippen MR) is 116 cm³/mol. The molecule has 1 aromatic heterocycles. The molecular weight excluding hydrogens is 458 g/mol. The quantitative estimate of drug-likeness (QED) is 0.336. The average molecular weight is 485 g/mol. The number of aromatic nitrogens is 4. The fraction of sp³-hybridized carbons (Fsp3) is 0.609. The maximum Gasteiger partial charge on any atom is 0.206 e. The fourth-order valence-electron chi connectivity index (χ4n) is 6.96. The maximum atomic E-state index is 10.7. The van der Waals surface area contributed by atoms with Gasteiger partial charge in [0.15, 0.2) is 23.9 Å². The molecule has 12 nitrogen and oxygen atoms in total. The van der Waals surface area contributed by atoms with E-state index in [9.17, 15) is 20.4 Å². The maximum absolute atomic E-state index is 10.7. The molecule has 12 heteroatoms. The van der Waals surface area contributed by atoms with Crippen molar-refractivity contribution in [2.75, 3.05) is 13.6 Å². The Labute approximate surface area is 200 Å². The zero-order valence-corrected chi connectivity index (χ0v) is 18.9. The van der Waals surface area contributed by atoms with Crippen molar-refractivity contribution >= 4 is 0 Å². The van der Waals surface area contributed by atoms with Crippen LogP contribution >= 0.6 is 0 Å². The first-order chi connectivity index (χ1) is 16.9. The summed E-state index contributed by atoms with van der Waals surface area (Å²) in [5.74, 6) is 0.827. The summed E-state index contributed by atoms with van der Waals surface area (Å²) >= 11 is 0. The van der Waals surface area contributed by atoms with Crippen molar-refractivity contribution in [2.45, 2.75) is 67.2 Å². The number of aromatic hydroxyl groups is 1. The van der Waals surface area contributed by atoms with Gasteiger partial charge < -0.3 is 39.5 Å². The van der Waals surface area contributed by atoms with Gasteiger partial charge in [0.2, 0.25) is 5.82 Å². The lowest BCUT2D eigenvalue weighted by atomic mass is 9.53. The Morgan fingerprint density at radius 2 is 2.03 bits per heavy atom. The van der Waals surface area contributed by atoms with Crippen molar-refractivity contribution < 1.29 is 34.6 Å². The van der Waals surface area contributed by atoms with Crippen molar-refractivity contribution in [3.05, 3.63) is 41.2 Å². The van der Waals surface area contributed by atoms with Crippen LogP contribution in [0, 0.1) is 5.92 Å². The number of piperidine rings is 1. The standard InChI is InChI=1S/C23H27N5O7/c1-28-7-6-23-10-3-5-13(20(23)34-18-12(29)4-2-9(14(18)23)8-11(10)28)33-22-17(32)15(30)16(31)19(35-22)21-24-26-27-25-21/h2-5,10-11,13,15-17,19-20,22,29-32H,6-8H2,1H3,(H,24,25,26,27)/t10?,11-,13+,15+,16+,17-,19+,20+,22+,23+/m1/s1. The summed E-state index contributed by atoms with van der Waals surface area (Å²) in [6.07, 6.45) is -2.28. The van der Waals surface area contributed by atoms with Crippen LogP contribution in [0.15, 0.2) is 24.3 Å². The number of aromatic amines is 1. The molecule has 2 fully saturated rings. The Balaban J connectivity index is 1.25. The first-order valence-electron chi connectivity index (χ1n) is 11.9. The van der Waals surface area contributed by atoms with Crippen LogP contribution < -0.4 is 4.74 Å². The zero-order valence-electron chi connectivity index (χ0n) is 18.9. The highest BCUT2D eigenvalue weighted by Crippen LogP contribution is 2.62. The number of H-pyrrole nitrogens is 1. The van der Waals surface area contributed by atoms with Gasteiger partial charge in [-0.2, -0.15) is 5.21 Å². The Hall–Kier alpha value is -2.61. The van der Waals surface area contributed by atoms with Crippen molar-refractivity contribution in [1.82, 2.24) is 25.5 Å². The molecule has 0 amide bonds. The molecule has 1 spiro atoms. The number of likely N-dealkylation sites (N-methyl/N-ethyl adjacent to an activating group) is 1. The van der Waals surface area contributed by atoms with E-state index in [1.165, 1.54) is 5.56 Å². The number of nitrogens with one attached hydrogen (secondary N) is 1. The van der Waals surface area contributed by atoms with Gasteiger partial charge in [0, 0.05) is 22.9 Å². The molecule has 1 aromatic carbocycles. The minimum absolute atomic E-state index is 0.0411. The molecule has 186 valence electrons. The topological polar surface area (TPSA) is 166 Å². The van der Waals surface area contributed by atoms with E-state index in [-0.39, 0.29) is 22.9 Å². The number of aliphatic hydroxyl groups is 3. The van der Waals surface area contributed by atoms with Gasteiger partial charge in [-0.05, 0) is 38.1 Å². The lowest BCUT2D eigenvalue weighted by Gasteiger charge is -2.57. The first kappa shape index (κ1) is 21.7. The summed E-state index contributed by atoms with van der Waals surface area (Å²) in [5, 5.41) is 55.8. The molecule has 0 saturated carbocycles. The number of phenols is 1. The van der Waals surface area contributed by atoms with Gasteiger partial charge in [0.25, 0.3) is 0 Å². The molecule has 3 aliphatic heterocycles. The minimum Gasteiger partial charge on any atom is -0.504 e. The second-order valence-electron chi connectivity index (χ2n) is 10.2. The van der Waals surface area contributed by atoms with E-state index in [2.05, 4.69) is 38.6 Å². The molecule has 2 aliphatic carbocycles. The lowest BCUT2D eigenvalue weighted by molar-refractivity contribution is -0.314. The number of aliphatic hydroxyl groups excluding tert-OH is 3. The molecule has 1 unspecified atom stereocenters. The normalized spacial score (nSPS) is 43.6. The third kappa shape index (κ3) is 2.80. The SMILES string of the molecule is CN1CC[C@]23c4c5ccc(O)c4O[C@H]2[C@@H](O[C@H]2O[C@H](c4nn[nH]n4)[C@@H](O)[C@H](O)[C@H]2O)C=CC3[C@H]1C5. The molecule has 7 rings (SSSR count). The van der Waals surface area contributed by atoms with Gasteiger partial charge in [-0.3, -0.25) is 0 Å². The van der Waals surface area contributed by atoms with Gasteiger partial charge in [-0.25, -0.2) is 0 Å². The second-order valence-corrected chi connectivity index (χ2v) is 10.2. The summed E-state index contributed by atoms with van der Waals surface area (Å²) < 4.78 is 18.6. The zero-order chi connectivity index (χ0) is 24.1. The van der Waals surface area contributed by atoms with Crippen LogP contribution in [0.5, 0.6) is 11.5 Å². The van der Waals surface area contributed by atoms with Gasteiger partial charge in [-0.15, -0.1) is 10.2 Å². The summed E-state index contributed by atoms with van der Waals surface area (Å²) in [7, 11) is 2.14. The molecule has 2 saturated heterocycles. The second kappa shape index (κ2) is 7.45. The van der Waals surface area contributed by atoms with E-state index < -0.39 is 42.9 Å². The number of phenolic OH excluding ortho intramolecular Hbond substituents is 1. The summed E-state index contributed by atoms with van der Waals surface area (Å²) in [4.78, 5) is 2.38. The van der Waals surface area contributed by atoms with Gasteiger partial charge in [0.1, 0.15) is 30.5 Å². The molecule has 35 heavy (non-hydrogen) atoms. The smallest absolute Gasteiger partial charge is 0.206 e. The number of benzene rings is 1. The van der Waals surface area contributed by atoms with Crippen LogP contribution in [0.1, 0.15) is 29.5 Å². The predicted octanol–water partition coefficient (Wildman–Crippen LogP) is -1.08. The molecule has 5 N–H and O–H groups in total. The Kier molecular flexibility index (Phi) is 4.61. The van der Waals surface area contributed by atoms with E-state index in [0.29, 0.717) is 11.8 Å². The number of hydrogen-bond donors (Lipinski definition) is 5. The number of rotatable bonds is 3. The Morgan fingerprint density at radius 1 is 1.17 bits per heavy atom. The third-order valence-electron chi connectivity index (χ3n) is 8.61. The number of hydrogen-bond acceptors (Lipinski definition) is 11. The third-order valence-corrected chi connectivity index (χ3v) is 8.61. The largest absolute Gasteiger partial charge is 0.504 e. The fourth-order valence-corrected chi connectivity index (χ4v) is 6.96. The summed E-state index contributed by atoms with van der Waals surface area (Å²) in [6.45, 7) is 0.878. The van der Waals surface area contributed by atoms with Gasteiger partial charge in [-0.1, -0.05) is 23.4 Å². The van der Waals surface area contributed by atoms with Crippen LogP contribution in [0.3, 0.4) is 0 Å². The molecule has 10 atom stereocenters. The first-order valence-corrected chi connectivity index (χ1v) is 11.9. The molecule has 2 aromatic rings. The van der Waals surface area contributed by atoms with E-state index in [0.717, 1.165) is 24.9 Å². The highest BCUT2D eigenvalue weighted by atomic mass is 16.7. The van der Waals surface area contributed by atoms with Crippen LogP contribution in [0.4, 0.5) is 0 Å². The molecule has 0 radical (unpaired) electrons. The molecular formula is C23H27N5O7. The van der Waals surface area contributed by atoms with Crippen molar-refractivity contribution in [3.63, 3.8) is 0 Å². The summed E-state index contributed by atoms with van der Waals surface area (Å²) in [5.41, 5.74) is 1.84. The highest BCUT2D eigenvalue weighted by Gasteiger charge is 2.65. The summed E-state index contributed by atoms with van der Waals surface area (Å²) in [6, 6.07) is 3.97. The van der Waals surface area contributed by atoms with Crippen LogP contribution in [0.2, 0.25) is 0 Å². The van der Waals surface area contributed by atoms with E-state index in [1.807, 2.05) is 12.1 Å². The van der Waals surface area contributed by atoms with E-state index in [1.54, 1.807) is 6.07 Å². The van der Waals surface area contributed by atoms with E-state index >= 15 is 0 Å². The Bertz CT molecular complexity index is 1180. The van der Waals surface area contributed by atoms with Crippen molar-refractivity contribution in [1.29, 1.82) is 0 Å². The molecule has 5 aliphatic rings. The van der Waals surface area contributed by atoms with Crippen LogP contribution in [-0.2, 0) is 21.3 Å².